The summed E-state index contributed by atoms with van der Waals surface area (Å²) in [4.78, 5) is 26.6. The number of carbonyl (C=O) groups excluding carboxylic acids is 1. The van der Waals surface area contributed by atoms with Crippen molar-refractivity contribution < 1.29 is 14.7 Å². The van der Waals surface area contributed by atoms with Crippen molar-refractivity contribution in [2.45, 2.75) is 25.8 Å². The number of pyridine rings is 1. The van der Waals surface area contributed by atoms with Gasteiger partial charge in [0.15, 0.2) is 0 Å². The van der Waals surface area contributed by atoms with Crippen LogP contribution < -0.4 is 5.32 Å². The quantitative estimate of drug-likeness (QED) is 0.810. The molecule has 1 heterocycles. The topological polar surface area (TPSA) is 79.3 Å². The van der Waals surface area contributed by atoms with E-state index in [4.69, 9.17) is 16.7 Å². The predicted molar refractivity (Wildman–Crippen MR) is 70.7 cm³/mol. The summed E-state index contributed by atoms with van der Waals surface area (Å²) < 4.78 is 0.597. The van der Waals surface area contributed by atoms with E-state index in [1.165, 1.54) is 12.3 Å². The molecule has 0 unspecified atom stereocenters. The van der Waals surface area contributed by atoms with E-state index < -0.39 is 17.9 Å². The van der Waals surface area contributed by atoms with Gasteiger partial charge in [-0.05, 0) is 28.4 Å². The van der Waals surface area contributed by atoms with Gasteiger partial charge in [0, 0.05) is 10.7 Å². The average molecular weight is 336 g/mol. The molecular weight excluding hydrogens is 323 g/mol. The average Bonchev–Trinajstić information content (AvgIpc) is 2.31. The van der Waals surface area contributed by atoms with Gasteiger partial charge in [0.25, 0.3) is 5.91 Å². The number of halogens is 2. The number of carboxylic acids is 1. The second-order valence-corrected chi connectivity index (χ2v) is 4.92. The number of hydrogen-bond acceptors (Lipinski definition) is 3. The number of amides is 1. The molecule has 0 saturated carbocycles. The van der Waals surface area contributed by atoms with Crippen molar-refractivity contribution in [3.63, 3.8) is 0 Å². The molecule has 0 aliphatic heterocycles. The highest BCUT2D eigenvalue weighted by molar-refractivity contribution is 9.10. The Morgan fingerprint density at radius 2 is 2.28 bits per heavy atom. The van der Waals surface area contributed by atoms with Crippen molar-refractivity contribution in [2.75, 3.05) is 0 Å². The number of carboxylic acid groups (broad SMARTS) is 1. The summed E-state index contributed by atoms with van der Waals surface area (Å²) in [6.07, 6.45) is 2.47. The van der Waals surface area contributed by atoms with Gasteiger partial charge in [0.05, 0.1) is 5.56 Å². The minimum absolute atomic E-state index is 0.0383. The SMILES string of the molecule is CCC[C@@H](NC(=O)c1cc(Br)cnc1Cl)C(=O)O. The Kier molecular flexibility index (Phi) is 5.55. The van der Waals surface area contributed by atoms with E-state index in [1.807, 2.05) is 6.92 Å². The van der Waals surface area contributed by atoms with Gasteiger partial charge < -0.3 is 10.4 Å². The Morgan fingerprint density at radius 1 is 1.61 bits per heavy atom. The van der Waals surface area contributed by atoms with Crippen LogP contribution in [0.1, 0.15) is 30.1 Å². The molecule has 0 bridgehead atoms. The second-order valence-electron chi connectivity index (χ2n) is 3.64. The summed E-state index contributed by atoms with van der Waals surface area (Å²) in [5.74, 6) is -1.61. The summed E-state index contributed by atoms with van der Waals surface area (Å²) in [5, 5.41) is 11.4. The fourth-order valence-corrected chi connectivity index (χ4v) is 1.88. The second kappa shape index (κ2) is 6.70. The van der Waals surface area contributed by atoms with Gasteiger partial charge in [-0.1, -0.05) is 24.9 Å². The Morgan fingerprint density at radius 3 is 2.83 bits per heavy atom. The third-order valence-corrected chi connectivity index (χ3v) is 2.97. The molecule has 1 aromatic heterocycles. The number of hydrogen-bond donors (Lipinski definition) is 2. The van der Waals surface area contributed by atoms with E-state index in [0.29, 0.717) is 17.3 Å². The molecule has 7 heteroatoms. The fourth-order valence-electron chi connectivity index (χ4n) is 1.36. The van der Waals surface area contributed by atoms with E-state index in [9.17, 15) is 9.59 Å². The van der Waals surface area contributed by atoms with E-state index in [2.05, 4.69) is 26.2 Å². The van der Waals surface area contributed by atoms with E-state index in [0.717, 1.165) is 0 Å². The lowest BCUT2D eigenvalue weighted by molar-refractivity contribution is -0.139. The summed E-state index contributed by atoms with van der Waals surface area (Å²) in [5.41, 5.74) is 0.147. The van der Waals surface area contributed by atoms with E-state index in [1.54, 1.807) is 0 Å². The van der Waals surface area contributed by atoms with Crippen molar-refractivity contribution >= 4 is 39.4 Å². The Bertz CT molecular complexity index is 468. The van der Waals surface area contributed by atoms with Crippen LogP contribution >= 0.6 is 27.5 Å². The maximum atomic E-state index is 11.9. The lowest BCUT2D eigenvalue weighted by Gasteiger charge is -2.13. The number of aliphatic carboxylic acids is 1. The predicted octanol–water partition coefficient (Wildman–Crippen LogP) is 2.48. The van der Waals surface area contributed by atoms with Crippen LogP contribution in [0.25, 0.3) is 0 Å². The first-order valence-corrected chi connectivity index (χ1v) is 6.47. The van der Waals surface area contributed by atoms with Gasteiger partial charge in [0.2, 0.25) is 0 Å². The van der Waals surface area contributed by atoms with Crippen LogP contribution in [0.2, 0.25) is 5.15 Å². The zero-order chi connectivity index (χ0) is 13.7. The lowest BCUT2D eigenvalue weighted by Crippen LogP contribution is -2.40. The maximum Gasteiger partial charge on any atom is 0.326 e. The Labute approximate surface area is 118 Å². The zero-order valence-corrected chi connectivity index (χ0v) is 12.0. The van der Waals surface area contributed by atoms with Crippen LogP contribution in [0.15, 0.2) is 16.7 Å². The number of nitrogens with one attached hydrogen (secondary N) is 1. The minimum Gasteiger partial charge on any atom is -0.480 e. The standard InChI is InChI=1S/C11H12BrClN2O3/c1-2-3-8(11(17)18)15-10(16)7-4-6(12)5-14-9(7)13/h4-5,8H,2-3H2,1H3,(H,15,16)(H,17,18)/t8-/m1/s1. The van der Waals surface area contributed by atoms with Gasteiger partial charge in [-0.3, -0.25) is 4.79 Å². The molecule has 0 aliphatic carbocycles. The molecule has 0 aliphatic rings. The monoisotopic (exact) mass is 334 g/mol. The number of aromatic nitrogens is 1. The van der Waals surface area contributed by atoms with Crippen molar-refractivity contribution in [3.05, 3.63) is 27.5 Å². The molecule has 1 rings (SSSR count). The van der Waals surface area contributed by atoms with Gasteiger partial charge >= 0.3 is 5.97 Å². The first-order chi connectivity index (χ1) is 8.45. The van der Waals surface area contributed by atoms with Gasteiger partial charge in [-0.25, -0.2) is 9.78 Å². The molecule has 1 amide bonds. The fraction of sp³-hybridized carbons (Fsp3) is 0.364. The third-order valence-electron chi connectivity index (χ3n) is 2.23. The number of carbonyl (C=O) groups is 2. The number of nitrogens with zero attached hydrogens (tertiary/aromatic N) is 1. The molecule has 98 valence electrons. The molecule has 0 radical (unpaired) electrons. The van der Waals surface area contributed by atoms with E-state index in [-0.39, 0.29) is 10.7 Å². The first-order valence-electron chi connectivity index (χ1n) is 5.30. The molecule has 2 N–H and O–H groups in total. The molecule has 18 heavy (non-hydrogen) atoms. The Hall–Kier alpha value is -1.14. The van der Waals surface area contributed by atoms with Gasteiger partial charge in [-0.2, -0.15) is 0 Å². The molecule has 1 atom stereocenters. The molecular formula is C11H12BrClN2O3. The summed E-state index contributed by atoms with van der Waals surface area (Å²) in [7, 11) is 0. The van der Waals surface area contributed by atoms with Crippen LogP contribution in [-0.4, -0.2) is 28.0 Å². The van der Waals surface area contributed by atoms with Crippen LogP contribution in [0.3, 0.4) is 0 Å². The minimum atomic E-state index is -1.07. The molecule has 0 fully saturated rings. The van der Waals surface area contributed by atoms with Crippen molar-refractivity contribution in [1.29, 1.82) is 0 Å². The lowest BCUT2D eigenvalue weighted by atomic mass is 10.1. The molecule has 0 saturated heterocycles. The van der Waals surface area contributed by atoms with Crippen LogP contribution in [0.4, 0.5) is 0 Å². The molecule has 0 aromatic carbocycles. The zero-order valence-electron chi connectivity index (χ0n) is 9.61. The van der Waals surface area contributed by atoms with E-state index >= 15 is 0 Å². The maximum absolute atomic E-state index is 11.9. The summed E-state index contributed by atoms with van der Waals surface area (Å²) in [6.45, 7) is 1.84. The van der Waals surface area contributed by atoms with Crippen LogP contribution in [-0.2, 0) is 4.79 Å². The summed E-state index contributed by atoms with van der Waals surface area (Å²) >= 11 is 8.96. The molecule has 0 spiro atoms. The van der Waals surface area contributed by atoms with Crippen molar-refractivity contribution in [1.82, 2.24) is 10.3 Å². The van der Waals surface area contributed by atoms with Crippen molar-refractivity contribution in [3.8, 4) is 0 Å². The van der Waals surface area contributed by atoms with Crippen molar-refractivity contribution in [2.24, 2.45) is 0 Å². The number of rotatable bonds is 5. The van der Waals surface area contributed by atoms with Gasteiger partial charge in [-0.15, -0.1) is 0 Å². The van der Waals surface area contributed by atoms with Crippen LogP contribution in [0.5, 0.6) is 0 Å². The molecule has 1 aromatic rings. The largest absolute Gasteiger partial charge is 0.480 e. The highest BCUT2D eigenvalue weighted by atomic mass is 79.9. The highest BCUT2D eigenvalue weighted by Gasteiger charge is 2.21. The van der Waals surface area contributed by atoms with Gasteiger partial charge in [0.1, 0.15) is 11.2 Å². The third kappa shape index (κ3) is 3.96. The molecule has 5 nitrogen and oxygen atoms in total. The Balaban J connectivity index is 2.86. The first kappa shape index (κ1) is 14.9. The highest BCUT2D eigenvalue weighted by Crippen LogP contribution is 2.18. The normalized spacial score (nSPS) is 11.9. The van der Waals surface area contributed by atoms with Crippen LogP contribution in [0, 0.1) is 0 Å². The smallest absolute Gasteiger partial charge is 0.326 e. The summed E-state index contributed by atoms with van der Waals surface area (Å²) in [6, 6.07) is 0.577.